The Kier molecular flexibility index (Phi) is 4.74. The molecule has 0 saturated heterocycles. The van der Waals surface area contributed by atoms with Crippen LogP contribution in [0.25, 0.3) is 0 Å². The van der Waals surface area contributed by atoms with Gasteiger partial charge < -0.3 is 9.67 Å². The number of rotatable bonds is 6. The smallest absolute Gasteiger partial charge is 0.186 e. The lowest BCUT2D eigenvalue weighted by atomic mass is 9.89. The number of aromatic nitrogens is 1. The van der Waals surface area contributed by atoms with E-state index in [1.807, 2.05) is 61.0 Å². The summed E-state index contributed by atoms with van der Waals surface area (Å²) in [7, 11) is 1.91. The van der Waals surface area contributed by atoms with Crippen LogP contribution in [0.2, 0.25) is 0 Å². The number of aliphatic hydroxyl groups excluding tert-OH is 1. The lowest BCUT2D eigenvalue weighted by Crippen LogP contribution is -2.17. The van der Waals surface area contributed by atoms with Gasteiger partial charge in [-0.05, 0) is 37.5 Å². The first-order chi connectivity index (χ1) is 9.65. The number of ketones is 1. The van der Waals surface area contributed by atoms with E-state index in [1.54, 1.807) is 0 Å². The third-order valence-corrected chi connectivity index (χ3v) is 3.79. The van der Waals surface area contributed by atoms with Crippen LogP contribution in [0.5, 0.6) is 0 Å². The Labute approximate surface area is 119 Å². The standard InChI is InChI=1S/C17H21NO2/c1-13-10-11-16(18(13)2)17(20)15(9-6-12-19)14-7-4-3-5-8-14/h3-5,7-8,10-11,15,19H,6,9,12H2,1-2H3. The SMILES string of the molecule is Cc1ccc(C(=O)C(CCCO)c2ccccc2)n1C. The predicted octanol–water partition coefficient (Wildman–Crippen LogP) is 3.07. The topological polar surface area (TPSA) is 42.2 Å². The van der Waals surface area contributed by atoms with Gasteiger partial charge in [0.2, 0.25) is 0 Å². The molecular formula is C17H21NO2. The van der Waals surface area contributed by atoms with Gasteiger partial charge in [-0.15, -0.1) is 0 Å². The van der Waals surface area contributed by atoms with Crippen molar-refractivity contribution < 1.29 is 9.90 Å². The van der Waals surface area contributed by atoms with Crippen LogP contribution in [0.1, 0.15) is 40.5 Å². The van der Waals surface area contributed by atoms with Gasteiger partial charge in [-0.3, -0.25) is 4.79 Å². The molecule has 0 spiro atoms. The van der Waals surface area contributed by atoms with Crippen molar-refractivity contribution >= 4 is 5.78 Å². The Morgan fingerprint density at radius 1 is 1.20 bits per heavy atom. The Morgan fingerprint density at radius 3 is 2.45 bits per heavy atom. The number of hydrogen-bond acceptors (Lipinski definition) is 2. The molecule has 3 nitrogen and oxygen atoms in total. The van der Waals surface area contributed by atoms with Crippen molar-refractivity contribution in [3.05, 3.63) is 59.4 Å². The van der Waals surface area contributed by atoms with Crippen LogP contribution in [0, 0.1) is 6.92 Å². The number of Topliss-reactive ketones (excluding diaryl/α,β-unsaturated/α-hetero) is 1. The molecule has 2 rings (SSSR count). The number of aryl methyl sites for hydroxylation is 1. The zero-order valence-electron chi connectivity index (χ0n) is 12.0. The number of nitrogens with zero attached hydrogens (tertiary/aromatic N) is 1. The van der Waals surface area contributed by atoms with Gasteiger partial charge >= 0.3 is 0 Å². The third-order valence-electron chi connectivity index (χ3n) is 3.79. The van der Waals surface area contributed by atoms with Crippen molar-refractivity contribution in [1.82, 2.24) is 4.57 Å². The van der Waals surface area contributed by atoms with Gasteiger partial charge in [0.05, 0.1) is 5.69 Å². The minimum Gasteiger partial charge on any atom is -0.396 e. The van der Waals surface area contributed by atoms with Gasteiger partial charge in [-0.25, -0.2) is 0 Å². The van der Waals surface area contributed by atoms with Crippen molar-refractivity contribution in [1.29, 1.82) is 0 Å². The average molecular weight is 271 g/mol. The van der Waals surface area contributed by atoms with Gasteiger partial charge in [0, 0.05) is 25.3 Å². The lowest BCUT2D eigenvalue weighted by Gasteiger charge is -2.16. The number of carbonyl (C=O) groups excluding carboxylic acids is 1. The summed E-state index contributed by atoms with van der Waals surface area (Å²) < 4.78 is 1.93. The van der Waals surface area contributed by atoms with Crippen LogP contribution >= 0.6 is 0 Å². The van der Waals surface area contributed by atoms with Crippen LogP contribution in [0.4, 0.5) is 0 Å². The normalized spacial score (nSPS) is 12.3. The largest absolute Gasteiger partial charge is 0.396 e. The highest BCUT2D eigenvalue weighted by atomic mass is 16.2. The van der Waals surface area contributed by atoms with E-state index in [4.69, 9.17) is 5.11 Å². The molecule has 0 saturated carbocycles. The summed E-state index contributed by atoms with van der Waals surface area (Å²) in [6.45, 7) is 2.10. The molecule has 106 valence electrons. The lowest BCUT2D eigenvalue weighted by molar-refractivity contribution is 0.0943. The second-order valence-corrected chi connectivity index (χ2v) is 5.11. The fourth-order valence-electron chi connectivity index (χ4n) is 2.47. The molecule has 1 N–H and O–H groups in total. The highest BCUT2D eigenvalue weighted by Gasteiger charge is 2.23. The maximum Gasteiger partial charge on any atom is 0.186 e. The van der Waals surface area contributed by atoms with Crippen molar-refractivity contribution in [3.63, 3.8) is 0 Å². The van der Waals surface area contributed by atoms with E-state index in [0.29, 0.717) is 12.8 Å². The predicted molar refractivity (Wildman–Crippen MR) is 80.0 cm³/mol. The van der Waals surface area contributed by atoms with Gasteiger partial charge in [-0.2, -0.15) is 0 Å². The molecule has 0 aliphatic rings. The Balaban J connectivity index is 2.31. The minimum absolute atomic E-state index is 0.114. The van der Waals surface area contributed by atoms with E-state index in [2.05, 4.69) is 0 Å². The molecule has 2 aromatic rings. The van der Waals surface area contributed by atoms with E-state index in [0.717, 1.165) is 17.0 Å². The molecule has 0 bridgehead atoms. The second kappa shape index (κ2) is 6.53. The molecule has 1 aromatic heterocycles. The number of carbonyl (C=O) groups is 1. The molecule has 1 atom stereocenters. The zero-order valence-corrected chi connectivity index (χ0v) is 12.0. The molecule has 0 fully saturated rings. The summed E-state index contributed by atoms with van der Waals surface area (Å²) in [6.07, 6.45) is 1.30. The first kappa shape index (κ1) is 14.5. The van der Waals surface area contributed by atoms with Gasteiger partial charge in [0.15, 0.2) is 5.78 Å². The van der Waals surface area contributed by atoms with Gasteiger partial charge in [0.25, 0.3) is 0 Å². The number of hydrogen-bond donors (Lipinski definition) is 1. The summed E-state index contributed by atoms with van der Waals surface area (Å²) in [5.41, 5.74) is 2.82. The average Bonchev–Trinajstić information content (AvgIpc) is 2.80. The molecule has 3 heteroatoms. The maximum absolute atomic E-state index is 12.8. The van der Waals surface area contributed by atoms with Crippen molar-refractivity contribution in [2.75, 3.05) is 6.61 Å². The number of benzene rings is 1. The monoisotopic (exact) mass is 271 g/mol. The summed E-state index contributed by atoms with van der Waals surface area (Å²) in [5, 5.41) is 9.06. The van der Waals surface area contributed by atoms with E-state index in [-0.39, 0.29) is 18.3 Å². The molecule has 0 aliphatic heterocycles. The van der Waals surface area contributed by atoms with E-state index >= 15 is 0 Å². The summed E-state index contributed by atoms with van der Waals surface area (Å²) in [4.78, 5) is 12.8. The van der Waals surface area contributed by atoms with Crippen LogP contribution in [-0.2, 0) is 7.05 Å². The first-order valence-electron chi connectivity index (χ1n) is 6.97. The minimum atomic E-state index is -0.184. The highest BCUT2D eigenvalue weighted by molar-refractivity contribution is 5.99. The fourth-order valence-corrected chi connectivity index (χ4v) is 2.47. The van der Waals surface area contributed by atoms with Gasteiger partial charge in [0.1, 0.15) is 0 Å². The molecule has 1 unspecified atom stereocenters. The van der Waals surface area contributed by atoms with Crippen LogP contribution in [0.15, 0.2) is 42.5 Å². The molecule has 0 amide bonds. The van der Waals surface area contributed by atoms with Crippen molar-refractivity contribution in [2.45, 2.75) is 25.7 Å². The Morgan fingerprint density at radius 2 is 1.90 bits per heavy atom. The highest BCUT2D eigenvalue weighted by Crippen LogP contribution is 2.26. The van der Waals surface area contributed by atoms with E-state index in [1.165, 1.54) is 0 Å². The second-order valence-electron chi connectivity index (χ2n) is 5.11. The fraction of sp³-hybridized carbons (Fsp3) is 0.353. The van der Waals surface area contributed by atoms with Crippen LogP contribution < -0.4 is 0 Å². The van der Waals surface area contributed by atoms with Crippen LogP contribution in [0.3, 0.4) is 0 Å². The zero-order chi connectivity index (χ0) is 14.5. The summed E-state index contributed by atoms with van der Waals surface area (Å²) in [6, 6.07) is 13.7. The summed E-state index contributed by atoms with van der Waals surface area (Å²) in [5.74, 6) is -0.0587. The molecule has 20 heavy (non-hydrogen) atoms. The summed E-state index contributed by atoms with van der Waals surface area (Å²) >= 11 is 0. The van der Waals surface area contributed by atoms with Crippen molar-refractivity contribution in [2.24, 2.45) is 7.05 Å². The molecule has 1 heterocycles. The molecule has 0 radical (unpaired) electrons. The Hall–Kier alpha value is -1.87. The van der Waals surface area contributed by atoms with Crippen LogP contribution in [-0.4, -0.2) is 22.1 Å². The Bertz CT molecular complexity index is 572. The van der Waals surface area contributed by atoms with E-state index < -0.39 is 0 Å². The quantitative estimate of drug-likeness (QED) is 0.820. The molecule has 0 aliphatic carbocycles. The first-order valence-corrected chi connectivity index (χ1v) is 6.97. The maximum atomic E-state index is 12.8. The number of aliphatic hydroxyl groups is 1. The van der Waals surface area contributed by atoms with Crippen molar-refractivity contribution in [3.8, 4) is 0 Å². The van der Waals surface area contributed by atoms with Gasteiger partial charge in [-0.1, -0.05) is 30.3 Å². The van der Waals surface area contributed by atoms with E-state index in [9.17, 15) is 4.79 Å². The molecular weight excluding hydrogens is 250 g/mol. The third kappa shape index (κ3) is 2.99. The molecule has 1 aromatic carbocycles.